The largest absolute Gasteiger partial charge is 0.368 e. The average molecular weight is 307 g/mol. The third kappa shape index (κ3) is 2.30. The van der Waals surface area contributed by atoms with Gasteiger partial charge in [0.1, 0.15) is 0 Å². The summed E-state index contributed by atoms with van der Waals surface area (Å²) in [6.07, 6.45) is 3.10. The van der Waals surface area contributed by atoms with Gasteiger partial charge < -0.3 is 11.1 Å². The van der Waals surface area contributed by atoms with E-state index in [4.69, 9.17) is 5.73 Å². The SMILES string of the molecule is CNc1nc(N)n(-c2cc3c(nn2)-c2ccccc2CCC3)n1. The van der Waals surface area contributed by atoms with Crippen LogP contribution in [-0.4, -0.2) is 32.0 Å². The molecule has 0 fully saturated rings. The molecule has 0 amide bonds. The predicted octanol–water partition coefficient (Wildman–Crippen LogP) is 1.84. The molecule has 7 heteroatoms. The zero-order valence-electron chi connectivity index (χ0n) is 12.8. The lowest BCUT2D eigenvalue weighted by Gasteiger charge is -2.09. The van der Waals surface area contributed by atoms with Crippen molar-refractivity contribution in [3.8, 4) is 17.1 Å². The molecule has 1 aromatic carbocycles. The van der Waals surface area contributed by atoms with Gasteiger partial charge in [0.05, 0.1) is 5.69 Å². The lowest BCUT2D eigenvalue weighted by molar-refractivity contribution is 0.800. The molecule has 116 valence electrons. The van der Waals surface area contributed by atoms with Crippen molar-refractivity contribution < 1.29 is 0 Å². The summed E-state index contributed by atoms with van der Waals surface area (Å²) < 4.78 is 1.51. The Kier molecular flexibility index (Phi) is 3.18. The number of nitrogens with two attached hydrogens (primary N) is 1. The van der Waals surface area contributed by atoms with Crippen molar-refractivity contribution in [2.24, 2.45) is 0 Å². The Labute approximate surface area is 133 Å². The average Bonchev–Trinajstić information content (AvgIpc) is 2.86. The summed E-state index contributed by atoms with van der Waals surface area (Å²) in [6, 6.07) is 10.4. The quantitative estimate of drug-likeness (QED) is 0.750. The van der Waals surface area contributed by atoms with E-state index in [1.165, 1.54) is 21.4 Å². The van der Waals surface area contributed by atoms with Gasteiger partial charge in [-0.1, -0.05) is 24.3 Å². The Morgan fingerprint density at radius 2 is 1.96 bits per heavy atom. The van der Waals surface area contributed by atoms with Gasteiger partial charge in [-0.3, -0.25) is 0 Å². The first kappa shape index (κ1) is 13.7. The second kappa shape index (κ2) is 5.35. The van der Waals surface area contributed by atoms with Gasteiger partial charge >= 0.3 is 0 Å². The summed E-state index contributed by atoms with van der Waals surface area (Å²) in [4.78, 5) is 4.12. The first-order valence-corrected chi connectivity index (χ1v) is 7.62. The topological polar surface area (TPSA) is 94.5 Å². The summed E-state index contributed by atoms with van der Waals surface area (Å²) in [5, 5.41) is 15.9. The zero-order valence-corrected chi connectivity index (χ0v) is 12.8. The molecule has 0 saturated heterocycles. The minimum atomic E-state index is 0.289. The van der Waals surface area contributed by atoms with Crippen LogP contribution in [0.15, 0.2) is 30.3 Å². The molecule has 3 aromatic rings. The summed E-state index contributed by atoms with van der Waals surface area (Å²) in [5.74, 6) is 1.34. The molecule has 0 unspecified atom stereocenters. The Bertz CT molecular complexity index is 869. The third-order valence-corrected chi connectivity index (χ3v) is 4.10. The second-order valence-electron chi connectivity index (χ2n) is 5.54. The minimum Gasteiger partial charge on any atom is -0.368 e. The summed E-state index contributed by atoms with van der Waals surface area (Å²) >= 11 is 0. The number of hydrogen-bond acceptors (Lipinski definition) is 6. The lowest BCUT2D eigenvalue weighted by Crippen LogP contribution is -2.08. The molecule has 23 heavy (non-hydrogen) atoms. The first-order chi connectivity index (χ1) is 11.3. The Balaban J connectivity index is 1.83. The van der Waals surface area contributed by atoms with Crippen LogP contribution in [0.4, 0.5) is 11.9 Å². The molecule has 3 N–H and O–H groups in total. The zero-order chi connectivity index (χ0) is 15.8. The van der Waals surface area contributed by atoms with Gasteiger partial charge in [0.15, 0.2) is 5.82 Å². The molecule has 1 aliphatic rings. The molecular formula is C16H17N7. The van der Waals surface area contributed by atoms with E-state index in [0.29, 0.717) is 11.8 Å². The number of nitrogens with one attached hydrogen (secondary N) is 1. The summed E-state index contributed by atoms with van der Waals surface area (Å²) in [7, 11) is 1.75. The standard InChI is InChI=1S/C16H17N7/c1-18-16-19-15(17)23(22-16)13-9-11-7-4-6-10-5-2-3-8-12(10)14(11)21-20-13/h2-3,5,8-9H,4,6-7H2,1H3,(H3,17,18,19,22). The van der Waals surface area contributed by atoms with Gasteiger partial charge in [-0.05, 0) is 36.5 Å². The predicted molar refractivity (Wildman–Crippen MR) is 88.4 cm³/mol. The van der Waals surface area contributed by atoms with Crippen molar-refractivity contribution in [1.82, 2.24) is 25.0 Å². The third-order valence-electron chi connectivity index (χ3n) is 4.10. The Morgan fingerprint density at radius 3 is 2.78 bits per heavy atom. The van der Waals surface area contributed by atoms with E-state index in [9.17, 15) is 0 Å². The molecule has 0 spiro atoms. The first-order valence-electron chi connectivity index (χ1n) is 7.62. The molecule has 0 bridgehead atoms. The fourth-order valence-corrected chi connectivity index (χ4v) is 2.98. The summed E-state index contributed by atoms with van der Waals surface area (Å²) in [5.41, 5.74) is 10.5. The van der Waals surface area contributed by atoms with E-state index in [2.05, 4.69) is 43.8 Å². The smallest absolute Gasteiger partial charge is 0.244 e. The van der Waals surface area contributed by atoms with Gasteiger partial charge in [-0.2, -0.15) is 9.67 Å². The number of fused-ring (bicyclic) bond motifs is 3. The number of aryl methyl sites for hydroxylation is 2. The van der Waals surface area contributed by atoms with Gasteiger partial charge in [-0.25, -0.2) is 0 Å². The maximum absolute atomic E-state index is 5.91. The fourth-order valence-electron chi connectivity index (χ4n) is 2.98. The van der Waals surface area contributed by atoms with Gasteiger partial charge in [0, 0.05) is 12.6 Å². The number of hydrogen-bond donors (Lipinski definition) is 2. The van der Waals surface area contributed by atoms with Crippen LogP contribution in [0.25, 0.3) is 17.1 Å². The molecule has 2 aromatic heterocycles. The highest BCUT2D eigenvalue weighted by Gasteiger charge is 2.18. The van der Waals surface area contributed by atoms with Crippen molar-refractivity contribution in [2.75, 3.05) is 18.1 Å². The Morgan fingerprint density at radius 1 is 1.13 bits per heavy atom. The van der Waals surface area contributed by atoms with Crippen molar-refractivity contribution in [1.29, 1.82) is 0 Å². The van der Waals surface area contributed by atoms with Crippen LogP contribution in [0.1, 0.15) is 17.5 Å². The number of benzene rings is 1. The van der Waals surface area contributed by atoms with Crippen LogP contribution < -0.4 is 11.1 Å². The molecule has 4 rings (SSSR count). The fraction of sp³-hybridized carbons (Fsp3) is 0.250. The molecule has 0 radical (unpaired) electrons. The van der Waals surface area contributed by atoms with Gasteiger partial charge in [0.2, 0.25) is 11.9 Å². The highest BCUT2D eigenvalue weighted by atomic mass is 15.4. The lowest BCUT2D eigenvalue weighted by atomic mass is 10.0. The number of anilines is 2. The van der Waals surface area contributed by atoms with Crippen LogP contribution >= 0.6 is 0 Å². The van der Waals surface area contributed by atoms with E-state index >= 15 is 0 Å². The van der Waals surface area contributed by atoms with Crippen LogP contribution in [0.2, 0.25) is 0 Å². The van der Waals surface area contributed by atoms with Crippen LogP contribution in [0.5, 0.6) is 0 Å². The number of nitrogen functional groups attached to an aromatic ring is 1. The molecule has 0 atom stereocenters. The maximum Gasteiger partial charge on any atom is 0.244 e. The van der Waals surface area contributed by atoms with Crippen LogP contribution in [0.3, 0.4) is 0 Å². The molecule has 7 nitrogen and oxygen atoms in total. The van der Waals surface area contributed by atoms with Crippen molar-refractivity contribution >= 4 is 11.9 Å². The number of aromatic nitrogens is 5. The van der Waals surface area contributed by atoms with Crippen LogP contribution in [-0.2, 0) is 12.8 Å². The van der Waals surface area contributed by atoms with E-state index in [1.807, 2.05) is 12.1 Å². The van der Waals surface area contributed by atoms with E-state index in [1.54, 1.807) is 7.05 Å². The van der Waals surface area contributed by atoms with E-state index < -0.39 is 0 Å². The molecule has 0 saturated carbocycles. The second-order valence-corrected chi connectivity index (χ2v) is 5.54. The van der Waals surface area contributed by atoms with Crippen molar-refractivity contribution in [3.63, 3.8) is 0 Å². The number of rotatable bonds is 2. The number of nitrogens with zero attached hydrogens (tertiary/aromatic N) is 5. The van der Waals surface area contributed by atoms with Gasteiger partial charge in [0.25, 0.3) is 0 Å². The minimum absolute atomic E-state index is 0.289. The summed E-state index contributed by atoms with van der Waals surface area (Å²) in [6.45, 7) is 0. The van der Waals surface area contributed by atoms with Gasteiger partial charge in [-0.15, -0.1) is 15.3 Å². The normalized spacial score (nSPS) is 13.1. The molecule has 1 aliphatic carbocycles. The molecular weight excluding hydrogens is 290 g/mol. The Hall–Kier alpha value is -2.96. The highest BCUT2D eigenvalue weighted by molar-refractivity contribution is 5.68. The van der Waals surface area contributed by atoms with Crippen molar-refractivity contribution in [3.05, 3.63) is 41.5 Å². The highest BCUT2D eigenvalue weighted by Crippen LogP contribution is 2.31. The monoisotopic (exact) mass is 307 g/mol. The van der Waals surface area contributed by atoms with E-state index in [0.717, 1.165) is 25.0 Å². The maximum atomic E-state index is 5.91. The van der Waals surface area contributed by atoms with Crippen molar-refractivity contribution in [2.45, 2.75) is 19.3 Å². The van der Waals surface area contributed by atoms with Crippen LogP contribution in [0, 0.1) is 0 Å². The molecule has 0 aliphatic heterocycles. The van der Waals surface area contributed by atoms with E-state index in [-0.39, 0.29) is 5.95 Å². The molecule has 2 heterocycles.